The predicted molar refractivity (Wildman–Crippen MR) is 115 cm³/mol. The quantitative estimate of drug-likeness (QED) is 0.697. The molecule has 0 saturated carbocycles. The molecule has 0 bridgehead atoms. The number of ether oxygens (including phenoxy) is 1. The molecule has 29 heavy (non-hydrogen) atoms. The SMILES string of the molecule is COc1ccc(Cl)cc1NC(=O)C1=C(C)NC(=O)N[C@@H]1c1ccc(N(C)C)cc1. The Hall–Kier alpha value is -3.19. The highest BCUT2D eigenvalue weighted by atomic mass is 35.5. The van der Waals surface area contributed by atoms with Gasteiger partial charge in [-0.05, 0) is 42.8 Å². The van der Waals surface area contributed by atoms with Gasteiger partial charge in [0.15, 0.2) is 0 Å². The van der Waals surface area contributed by atoms with Gasteiger partial charge in [-0.15, -0.1) is 0 Å². The van der Waals surface area contributed by atoms with E-state index in [1.54, 1.807) is 25.1 Å². The van der Waals surface area contributed by atoms with E-state index < -0.39 is 6.04 Å². The molecule has 1 aliphatic rings. The van der Waals surface area contributed by atoms with Gasteiger partial charge in [-0.25, -0.2) is 4.79 Å². The molecule has 0 saturated heterocycles. The van der Waals surface area contributed by atoms with Gasteiger partial charge in [0.1, 0.15) is 5.75 Å². The van der Waals surface area contributed by atoms with E-state index in [-0.39, 0.29) is 11.9 Å². The van der Waals surface area contributed by atoms with Crippen molar-refractivity contribution in [3.63, 3.8) is 0 Å². The summed E-state index contributed by atoms with van der Waals surface area (Å²) in [5, 5.41) is 8.81. The van der Waals surface area contributed by atoms with Gasteiger partial charge in [-0.3, -0.25) is 4.79 Å². The van der Waals surface area contributed by atoms with Gasteiger partial charge in [0.25, 0.3) is 5.91 Å². The first-order chi connectivity index (χ1) is 13.8. The fourth-order valence-corrected chi connectivity index (χ4v) is 3.35. The number of rotatable bonds is 5. The minimum atomic E-state index is -0.592. The van der Waals surface area contributed by atoms with Gasteiger partial charge in [-0.2, -0.15) is 0 Å². The van der Waals surface area contributed by atoms with Crippen LogP contribution in [0.25, 0.3) is 0 Å². The van der Waals surface area contributed by atoms with E-state index in [9.17, 15) is 9.59 Å². The Morgan fingerprint density at radius 3 is 2.48 bits per heavy atom. The Labute approximate surface area is 174 Å². The molecule has 3 amide bonds. The van der Waals surface area contributed by atoms with Crippen LogP contribution in [0.4, 0.5) is 16.2 Å². The molecule has 152 valence electrons. The zero-order valence-electron chi connectivity index (χ0n) is 16.7. The zero-order chi connectivity index (χ0) is 21.1. The number of anilines is 2. The Morgan fingerprint density at radius 2 is 1.86 bits per heavy atom. The third kappa shape index (κ3) is 4.46. The van der Waals surface area contributed by atoms with Gasteiger partial charge in [0, 0.05) is 30.5 Å². The van der Waals surface area contributed by atoms with Crippen molar-refractivity contribution in [2.75, 3.05) is 31.4 Å². The van der Waals surface area contributed by atoms with Crippen molar-refractivity contribution in [1.82, 2.24) is 10.6 Å². The van der Waals surface area contributed by atoms with E-state index >= 15 is 0 Å². The van der Waals surface area contributed by atoms with E-state index in [1.165, 1.54) is 7.11 Å². The summed E-state index contributed by atoms with van der Waals surface area (Å²) in [5.41, 5.74) is 3.15. The second-order valence-corrected chi connectivity index (χ2v) is 7.29. The van der Waals surface area contributed by atoms with Crippen molar-refractivity contribution in [2.24, 2.45) is 0 Å². The lowest BCUT2D eigenvalue weighted by Gasteiger charge is -2.29. The maximum atomic E-state index is 13.2. The first kappa shape index (κ1) is 20.5. The highest BCUT2D eigenvalue weighted by molar-refractivity contribution is 6.31. The summed E-state index contributed by atoms with van der Waals surface area (Å²) >= 11 is 6.06. The summed E-state index contributed by atoms with van der Waals surface area (Å²) in [4.78, 5) is 27.2. The Balaban J connectivity index is 1.95. The van der Waals surface area contributed by atoms with Crippen molar-refractivity contribution in [3.05, 3.63) is 64.3 Å². The lowest BCUT2D eigenvalue weighted by atomic mass is 9.94. The van der Waals surface area contributed by atoms with E-state index in [4.69, 9.17) is 16.3 Å². The van der Waals surface area contributed by atoms with E-state index in [1.807, 2.05) is 43.3 Å². The van der Waals surface area contributed by atoms with Crippen molar-refractivity contribution < 1.29 is 14.3 Å². The fourth-order valence-electron chi connectivity index (χ4n) is 3.18. The molecule has 1 atom stereocenters. The number of benzene rings is 2. The van der Waals surface area contributed by atoms with Crippen LogP contribution in [0.15, 0.2) is 53.7 Å². The van der Waals surface area contributed by atoms with Gasteiger partial charge < -0.3 is 25.6 Å². The molecule has 0 aliphatic carbocycles. The monoisotopic (exact) mass is 414 g/mol. The zero-order valence-corrected chi connectivity index (χ0v) is 17.4. The average molecular weight is 415 g/mol. The first-order valence-corrected chi connectivity index (χ1v) is 9.38. The third-order valence-corrected chi connectivity index (χ3v) is 4.90. The lowest BCUT2D eigenvalue weighted by Crippen LogP contribution is -2.46. The minimum absolute atomic E-state index is 0.360. The smallest absolute Gasteiger partial charge is 0.319 e. The average Bonchev–Trinajstić information content (AvgIpc) is 2.67. The number of nitrogens with one attached hydrogen (secondary N) is 3. The van der Waals surface area contributed by atoms with Gasteiger partial charge in [0.2, 0.25) is 0 Å². The maximum absolute atomic E-state index is 13.2. The molecule has 0 spiro atoms. The van der Waals surface area contributed by atoms with Crippen LogP contribution in [-0.4, -0.2) is 33.1 Å². The van der Waals surface area contributed by atoms with Gasteiger partial charge >= 0.3 is 6.03 Å². The van der Waals surface area contributed by atoms with Gasteiger partial charge in [-0.1, -0.05) is 23.7 Å². The lowest BCUT2D eigenvalue weighted by molar-refractivity contribution is -0.113. The van der Waals surface area contributed by atoms with Crippen LogP contribution in [0.3, 0.4) is 0 Å². The molecule has 8 heteroatoms. The fraction of sp³-hybridized carbons (Fsp3) is 0.238. The number of halogens is 1. The summed E-state index contributed by atoms with van der Waals surface area (Å²) < 4.78 is 5.30. The summed E-state index contributed by atoms with van der Waals surface area (Å²) in [6.45, 7) is 1.70. The van der Waals surface area contributed by atoms with Gasteiger partial charge in [0.05, 0.1) is 24.4 Å². The molecule has 7 nitrogen and oxygen atoms in total. The van der Waals surface area contributed by atoms with Crippen LogP contribution in [0.5, 0.6) is 5.75 Å². The molecule has 0 aromatic heterocycles. The first-order valence-electron chi connectivity index (χ1n) is 9.00. The van der Waals surface area contributed by atoms with E-state index in [0.29, 0.717) is 27.7 Å². The maximum Gasteiger partial charge on any atom is 0.319 e. The normalized spacial score (nSPS) is 16.0. The van der Waals surface area contributed by atoms with Crippen LogP contribution < -0.4 is 25.6 Å². The van der Waals surface area contributed by atoms with E-state index in [2.05, 4.69) is 16.0 Å². The van der Waals surface area contributed by atoms with Crippen molar-refractivity contribution in [3.8, 4) is 5.75 Å². The summed E-state index contributed by atoms with van der Waals surface area (Å²) in [6, 6.07) is 11.7. The largest absolute Gasteiger partial charge is 0.495 e. The highest BCUT2D eigenvalue weighted by Gasteiger charge is 2.31. The van der Waals surface area contributed by atoms with Crippen LogP contribution in [0.1, 0.15) is 18.5 Å². The number of methoxy groups -OCH3 is 1. The molecule has 1 aliphatic heterocycles. The number of urea groups is 1. The molecular formula is C21H23ClN4O3. The second-order valence-electron chi connectivity index (χ2n) is 6.85. The molecule has 3 N–H and O–H groups in total. The van der Waals surface area contributed by atoms with Crippen LogP contribution in [-0.2, 0) is 4.79 Å². The predicted octanol–water partition coefficient (Wildman–Crippen LogP) is 3.68. The number of amides is 3. The summed E-state index contributed by atoms with van der Waals surface area (Å²) in [5.74, 6) is 0.123. The molecule has 2 aromatic carbocycles. The number of hydrogen-bond donors (Lipinski definition) is 3. The number of nitrogens with zero attached hydrogens (tertiary/aromatic N) is 1. The number of carbonyl (C=O) groups is 2. The molecule has 0 fully saturated rings. The van der Waals surface area contributed by atoms with Crippen molar-refractivity contribution >= 4 is 34.9 Å². The summed E-state index contributed by atoms with van der Waals surface area (Å²) in [6.07, 6.45) is 0. The molecule has 2 aromatic rings. The number of hydrogen-bond acceptors (Lipinski definition) is 4. The minimum Gasteiger partial charge on any atom is -0.495 e. The van der Waals surface area contributed by atoms with Crippen molar-refractivity contribution in [1.29, 1.82) is 0 Å². The van der Waals surface area contributed by atoms with Crippen LogP contribution in [0.2, 0.25) is 5.02 Å². The summed E-state index contributed by atoms with van der Waals surface area (Å²) in [7, 11) is 5.41. The standard InChI is InChI=1S/C21H23ClN4O3/c1-12-18(20(27)24-16-11-14(22)7-10-17(16)29-4)19(25-21(28)23-12)13-5-8-15(9-6-13)26(2)3/h5-11,19H,1-4H3,(H,24,27)(H2,23,25,28)/t19-/m1/s1. The third-order valence-electron chi connectivity index (χ3n) is 4.67. The topological polar surface area (TPSA) is 82.7 Å². The number of allylic oxidation sites excluding steroid dienone is 1. The van der Waals surface area contributed by atoms with Crippen LogP contribution in [0, 0.1) is 0 Å². The van der Waals surface area contributed by atoms with E-state index in [0.717, 1.165) is 11.3 Å². The van der Waals surface area contributed by atoms with Crippen LogP contribution >= 0.6 is 11.6 Å². The second kappa shape index (κ2) is 8.45. The number of carbonyl (C=O) groups excluding carboxylic acids is 2. The Morgan fingerprint density at radius 1 is 1.17 bits per heavy atom. The molecule has 0 unspecified atom stereocenters. The molecule has 0 radical (unpaired) electrons. The van der Waals surface area contributed by atoms with Crippen molar-refractivity contribution in [2.45, 2.75) is 13.0 Å². The Kier molecular flexibility index (Phi) is 5.98. The molecular weight excluding hydrogens is 392 g/mol. The molecule has 1 heterocycles. The molecule has 3 rings (SSSR count). The highest BCUT2D eigenvalue weighted by Crippen LogP contribution is 2.32. The Bertz CT molecular complexity index is 970.